The Kier molecular flexibility index (Phi) is 4.05. The van der Waals surface area contributed by atoms with Crippen molar-refractivity contribution in [1.29, 1.82) is 0 Å². The van der Waals surface area contributed by atoms with Crippen molar-refractivity contribution in [2.24, 2.45) is 11.7 Å². The van der Waals surface area contributed by atoms with Crippen LogP contribution in [0.5, 0.6) is 0 Å². The van der Waals surface area contributed by atoms with Gasteiger partial charge in [0.25, 0.3) is 5.91 Å². The summed E-state index contributed by atoms with van der Waals surface area (Å²) in [6.07, 6.45) is 0.755. The second kappa shape index (κ2) is 5.30. The molecule has 0 bridgehead atoms. The molecule has 1 aromatic carbocycles. The van der Waals surface area contributed by atoms with E-state index in [0.29, 0.717) is 11.3 Å². The maximum Gasteiger partial charge on any atom is 0.250 e. The van der Waals surface area contributed by atoms with E-state index >= 15 is 0 Å². The quantitative estimate of drug-likeness (QED) is 0.811. The molecule has 0 spiro atoms. The molecule has 0 aromatic heterocycles. The maximum absolute atomic E-state index is 11.7. The topological polar surface area (TPSA) is 72.2 Å². The number of nitrogens with two attached hydrogens (primary N) is 1. The lowest BCUT2D eigenvalue weighted by molar-refractivity contribution is -0.119. The highest BCUT2D eigenvalue weighted by molar-refractivity contribution is 6.03. The molecule has 3 N–H and O–H groups in total. The summed E-state index contributed by atoms with van der Waals surface area (Å²) in [4.78, 5) is 22.8. The van der Waals surface area contributed by atoms with Crippen molar-refractivity contribution in [2.45, 2.75) is 20.3 Å². The lowest BCUT2D eigenvalue weighted by Crippen LogP contribution is -2.22. The van der Waals surface area contributed by atoms with Gasteiger partial charge in [0, 0.05) is 5.92 Å². The number of anilines is 1. The summed E-state index contributed by atoms with van der Waals surface area (Å²) in [7, 11) is 0. The molecule has 1 aromatic rings. The first kappa shape index (κ1) is 12.2. The van der Waals surface area contributed by atoms with Crippen molar-refractivity contribution in [3.63, 3.8) is 0 Å². The molecule has 86 valence electrons. The van der Waals surface area contributed by atoms with Gasteiger partial charge < -0.3 is 11.1 Å². The van der Waals surface area contributed by atoms with Crippen molar-refractivity contribution < 1.29 is 9.59 Å². The number of nitrogens with one attached hydrogen (secondary N) is 1. The average Bonchev–Trinajstić information content (AvgIpc) is 2.28. The molecule has 4 heteroatoms. The molecule has 1 atom stereocenters. The highest BCUT2D eigenvalue weighted by Crippen LogP contribution is 2.15. The molecule has 4 nitrogen and oxygen atoms in total. The summed E-state index contributed by atoms with van der Waals surface area (Å²) >= 11 is 0. The standard InChI is InChI=1S/C12H16N2O2/c1-3-8(2)12(16)14-10-7-5-4-6-9(10)11(13)15/h4-8H,3H2,1-2H3,(H2,13,15)(H,14,16). The van der Waals surface area contributed by atoms with Gasteiger partial charge in [-0.05, 0) is 18.6 Å². The molecule has 0 aliphatic rings. The molecule has 0 saturated heterocycles. The number of benzene rings is 1. The summed E-state index contributed by atoms with van der Waals surface area (Å²) < 4.78 is 0. The van der Waals surface area contributed by atoms with Gasteiger partial charge in [0.15, 0.2) is 0 Å². The zero-order valence-corrected chi connectivity index (χ0v) is 9.49. The van der Waals surface area contributed by atoms with Crippen LogP contribution < -0.4 is 11.1 Å². The van der Waals surface area contributed by atoms with Crippen LogP contribution in [0.3, 0.4) is 0 Å². The Hall–Kier alpha value is -1.84. The summed E-state index contributed by atoms with van der Waals surface area (Å²) in [6.45, 7) is 3.77. The van der Waals surface area contributed by atoms with Crippen molar-refractivity contribution in [3.05, 3.63) is 29.8 Å². The van der Waals surface area contributed by atoms with E-state index in [-0.39, 0.29) is 11.8 Å². The van der Waals surface area contributed by atoms with Crippen LogP contribution in [0.15, 0.2) is 24.3 Å². The second-order valence-corrected chi connectivity index (χ2v) is 3.71. The van der Waals surface area contributed by atoms with E-state index in [1.54, 1.807) is 24.3 Å². The van der Waals surface area contributed by atoms with Gasteiger partial charge in [-0.15, -0.1) is 0 Å². The summed E-state index contributed by atoms with van der Waals surface area (Å²) in [6, 6.07) is 6.71. The van der Waals surface area contributed by atoms with Crippen LogP contribution in [0.25, 0.3) is 0 Å². The Morgan fingerprint density at radius 2 is 2.00 bits per heavy atom. The van der Waals surface area contributed by atoms with Crippen LogP contribution in [0, 0.1) is 5.92 Å². The Morgan fingerprint density at radius 1 is 1.38 bits per heavy atom. The minimum atomic E-state index is -0.542. The molecule has 16 heavy (non-hydrogen) atoms. The SMILES string of the molecule is CCC(C)C(=O)Nc1ccccc1C(N)=O. The van der Waals surface area contributed by atoms with Crippen molar-refractivity contribution in [3.8, 4) is 0 Å². The van der Waals surface area contributed by atoms with Gasteiger partial charge in [0.2, 0.25) is 5.91 Å². The second-order valence-electron chi connectivity index (χ2n) is 3.71. The molecule has 0 aliphatic heterocycles. The molecule has 0 fully saturated rings. The first-order chi connectivity index (χ1) is 7.56. The van der Waals surface area contributed by atoms with Crippen molar-refractivity contribution >= 4 is 17.5 Å². The van der Waals surface area contributed by atoms with Crippen LogP contribution >= 0.6 is 0 Å². The predicted molar refractivity (Wildman–Crippen MR) is 63.0 cm³/mol. The minimum Gasteiger partial charge on any atom is -0.366 e. The number of para-hydroxylation sites is 1. The molecule has 0 aliphatic carbocycles. The average molecular weight is 220 g/mol. The first-order valence-corrected chi connectivity index (χ1v) is 5.26. The van der Waals surface area contributed by atoms with Gasteiger partial charge >= 0.3 is 0 Å². The number of carbonyl (C=O) groups excluding carboxylic acids is 2. The van der Waals surface area contributed by atoms with E-state index in [2.05, 4.69) is 5.32 Å². The molecule has 2 amide bonds. The summed E-state index contributed by atoms with van der Waals surface area (Å²) in [5.41, 5.74) is 6.01. The van der Waals surface area contributed by atoms with Crippen LogP contribution in [-0.2, 0) is 4.79 Å². The Labute approximate surface area is 94.8 Å². The highest BCUT2D eigenvalue weighted by Gasteiger charge is 2.13. The predicted octanol–water partition coefficient (Wildman–Crippen LogP) is 1.77. The van der Waals surface area contributed by atoms with Gasteiger partial charge in [0.05, 0.1) is 11.3 Å². The normalized spacial score (nSPS) is 11.9. The molecule has 1 rings (SSSR count). The van der Waals surface area contributed by atoms with Gasteiger partial charge in [-0.25, -0.2) is 0 Å². The summed E-state index contributed by atoms with van der Waals surface area (Å²) in [5, 5.41) is 2.70. The molecule has 0 heterocycles. The molecule has 0 saturated carbocycles. The Morgan fingerprint density at radius 3 is 2.56 bits per heavy atom. The zero-order valence-electron chi connectivity index (χ0n) is 9.49. The molecule has 1 unspecified atom stereocenters. The van der Waals surface area contributed by atoms with Crippen LogP contribution in [-0.4, -0.2) is 11.8 Å². The number of amides is 2. The Bertz CT molecular complexity index is 402. The molecular weight excluding hydrogens is 204 g/mol. The Balaban J connectivity index is 2.89. The van der Waals surface area contributed by atoms with E-state index in [0.717, 1.165) is 6.42 Å². The van der Waals surface area contributed by atoms with Crippen LogP contribution in [0.4, 0.5) is 5.69 Å². The number of rotatable bonds is 4. The van der Waals surface area contributed by atoms with Crippen LogP contribution in [0.1, 0.15) is 30.6 Å². The maximum atomic E-state index is 11.7. The number of carbonyl (C=O) groups is 2. The van der Waals surface area contributed by atoms with Gasteiger partial charge in [-0.1, -0.05) is 26.0 Å². The fraction of sp³-hybridized carbons (Fsp3) is 0.333. The third-order valence-corrected chi connectivity index (χ3v) is 2.51. The monoisotopic (exact) mass is 220 g/mol. The number of primary amides is 1. The van der Waals surface area contributed by atoms with E-state index in [1.165, 1.54) is 0 Å². The zero-order chi connectivity index (χ0) is 12.1. The third kappa shape index (κ3) is 2.82. The van der Waals surface area contributed by atoms with E-state index in [9.17, 15) is 9.59 Å². The number of hydrogen-bond donors (Lipinski definition) is 2. The van der Waals surface area contributed by atoms with E-state index in [1.807, 2.05) is 13.8 Å². The lowest BCUT2D eigenvalue weighted by atomic mass is 10.1. The van der Waals surface area contributed by atoms with Gasteiger partial charge in [-0.2, -0.15) is 0 Å². The van der Waals surface area contributed by atoms with Gasteiger partial charge in [0.1, 0.15) is 0 Å². The first-order valence-electron chi connectivity index (χ1n) is 5.26. The van der Waals surface area contributed by atoms with E-state index < -0.39 is 5.91 Å². The van der Waals surface area contributed by atoms with Gasteiger partial charge in [-0.3, -0.25) is 9.59 Å². The largest absolute Gasteiger partial charge is 0.366 e. The molecular formula is C12H16N2O2. The number of hydrogen-bond acceptors (Lipinski definition) is 2. The third-order valence-electron chi connectivity index (χ3n) is 2.51. The summed E-state index contributed by atoms with van der Waals surface area (Å²) in [5.74, 6) is -0.725. The van der Waals surface area contributed by atoms with Crippen molar-refractivity contribution in [1.82, 2.24) is 0 Å². The highest BCUT2D eigenvalue weighted by atomic mass is 16.2. The smallest absolute Gasteiger partial charge is 0.250 e. The fourth-order valence-electron chi connectivity index (χ4n) is 1.25. The van der Waals surface area contributed by atoms with Crippen molar-refractivity contribution in [2.75, 3.05) is 5.32 Å². The molecule has 0 radical (unpaired) electrons. The lowest BCUT2D eigenvalue weighted by Gasteiger charge is -2.12. The van der Waals surface area contributed by atoms with Crippen LogP contribution in [0.2, 0.25) is 0 Å². The fourth-order valence-corrected chi connectivity index (χ4v) is 1.25. The minimum absolute atomic E-state index is 0.0825. The van der Waals surface area contributed by atoms with E-state index in [4.69, 9.17) is 5.73 Å².